The van der Waals surface area contributed by atoms with Crippen molar-refractivity contribution in [3.8, 4) is 5.75 Å². The number of nitrogens with zero attached hydrogens (tertiary/aromatic N) is 2. The third-order valence-electron chi connectivity index (χ3n) is 5.77. The van der Waals surface area contributed by atoms with Gasteiger partial charge < -0.3 is 19.6 Å². The predicted molar refractivity (Wildman–Crippen MR) is 132 cm³/mol. The highest BCUT2D eigenvalue weighted by atomic mass is 16.5. The molecule has 6 nitrogen and oxygen atoms in total. The molecule has 3 rings (SSSR count). The lowest BCUT2D eigenvalue weighted by Crippen LogP contribution is -2.30. The molecule has 2 aromatic carbocycles. The van der Waals surface area contributed by atoms with E-state index >= 15 is 0 Å². The second-order valence-electron chi connectivity index (χ2n) is 8.88. The van der Waals surface area contributed by atoms with Gasteiger partial charge in [0.15, 0.2) is 0 Å². The fourth-order valence-electron chi connectivity index (χ4n) is 4.06. The first kappa shape index (κ1) is 24.4. The number of unbranched alkanes of at least 4 members (excludes halogenated alkanes) is 2. The van der Waals surface area contributed by atoms with Gasteiger partial charge in [-0.2, -0.15) is 0 Å². The summed E-state index contributed by atoms with van der Waals surface area (Å²) in [6.07, 6.45) is 2.81. The van der Waals surface area contributed by atoms with Crippen molar-refractivity contribution in [3.63, 3.8) is 0 Å². The summed E-state index contributed by atoms with van der Waals surface area (Å²) >= 11 is 0. The SMILES string of the molecule is CCCCCN1C(=O)C(=O)/C(=C(\O)c2ccc(OC(C)C)cc2)C1c1ccc(N(C)C)cc1. The van der Waals surface area contributed by atoms with Crippen LogP contribution in [0.5, 0.6) is 5.75 Å². The van der Waals surface area contributed by atoms with Crippen LogP contribution in [0.1, 0.15) is 57.2 Å². The summed E-state index contributed by atoms with van der Waals surface area (Å²) in [5.41, 5.74) is 2.43. The van der Waals surface area contributed by atoms with Gasteiger partial charge in [0.05, 0.1) is 17.7 Å². The van der Waals surface area contributed by atoms with Crippen molar-refractivity contribution in [2.24, 2.45) is 0 Å². The van der Waals surface area contributed by atoms with Crippen LogP contribution in [0.2, 0.25) is 0 Å². The summed E-state index contributed by atoms with van der Waals surface area (Å²) in [7, 11) is 3.91. The van der Waals surface area contributed by atoms with Crippen LogP contribution in [-0.2, 0) is 9.59 Å². The Balaban J connectivity index is 2.05. The molecule has 1 N–H and O–H groups in total. The second kappa shape index (κ2) is 10.6. The fraction of sp³-hybridized carbons (Fsp3) is 0.407. The van der Waals surface area contributed by atoms with Crippen LogP contribution in [0.25, 0.3) is 5.76 Å². The molecule has 0 aliphatic carbocycles. The molecule has 1 heterocycles. The van der Waals surface area contributed by atoms with E-state index in [-0.39, 0.29) is 17.4 Å². The zero-order chi connectivity index (χ0) is 24.1. The molecule has 6 heteroatoms. The number of aliphatic hydroxyl groups excluding tert-OH is 1. The maximum atomic E-state index is 13.1. The molecule has 1 aliphatic rings. The van der Waals surface area contributed by atoms with Crippen LogP contribution in [0.4, 0.5) is 5.69 Å². The number of carbonyl (C=O) groups is 2. The van der Waals surface area contributed by atoms with E-state index in [1.165, 1.54) is 0 Å². The summed E-state index contributed by atoms with van der Waals surface area (Å²) < 4.78 is 5.67. The lowest BCUT2D eigenvalue weighted by molar-refractivity contribution is -0.139. The summed E-state index contributed by atoms with van der Waals surface area (Å²) in [6.45, 7) is 6.44. The van der Waals surface area contributed by atoms with Gasteiger partial charge in [-0.25, -0.2) is 0 Å². The van der Waals surface area contributed by atoms with Crippen molar-refractivity contribution in [2.45, 2.75) is 52.2 Å². The minimum Gasteiger partial charge on any atom is -0.507 e. The first-order chi connectivity index (χ1) is 15.7. The van der Waals surface area contributed by atoms with Crippen molar-refractivity contribution < 1.29 is 19.4 Å². The van der Waals surface area contributed by atoms with Gasteiger partial charge in [-0.05, 0) is 62.2 Å². The standard InChI is InChI=1S/C27H34N2O4/c1-6-7-8-17-29-24(19-9-13-21(14-10-19)28(4)5)23(26(31)27(29)32)25(30)20-11-15-22(16-12-20)33-18(2)3/h9-16,18,24,30H,6-8,17H2,1-5H3/b25-23-. The zero-order valence-electron chi connectivity index (χ0n) is 20.2. The Hall–Kier alpha value is -3.28. The molecule has 1 amide bonds. The summed E-state index contributed by atoms with van der Waals surface area (Å²) in [5.74, 6) is -0.691. The Kier molecular flexibility index (Phi) is 7.79. The molecule has 1 saturated heterocycles. The Morgan fingerprint density at radius 3 is 2.21 bits per heavy atom. The smallest absolute Gasteiger partial charge is 0.295 e. The molecule has 0 radical (unpaired) electrons. The van der Waals surface area contributed by atoms with Crippen molar-refractivity contribution in [3.05, 3.63) is 65.2 Å². The Bertz CT molecular complexity index is 1010. The van der Waals surface area contributed by atoms with Crippen LogP contribution in [-0.4, -0.2) is 48.4 Å². The summed E-state index contributed by atoms with van der Waals surface area (Å²) in [5, 5.41) is 11.2. The van der Waals surface area contributed by atoms with Crippen LogP contribution < -0.4 is 9.64 Å². The molecule has 2 aromatic rings. The van der Waals surface area contributed by atoms with Crippen molar-refractivity contribution in [2.75, 3.05) is 25.5 Å². The average Bonchev–Trinajstić information content (AvgIpc) is 3.04. The number of hydrogen-bond donors (Lipinski definition) is 1. The minimum absolute atomic E-state index is 0.0306. The molecule has 0 saturated carbocycles. The maximum Gasteiger partial charge on any atom is 0.295 e. The summed E-state index contributed by atoms with van der Waals surface area (Å²) in [6, 6.07) is 14.1. The molecule has 0 aromatic heterocycles. The van der Waals surface area contributed by atoms with Gasteiger partial charge in [0.2, 0.25) is 0 Å². The number of hydrogen-bond acceptors (Lipinski definition) is 5. The lowest BCUT2D eigenvalue weighted by Gasteiger charge is -2.26. The van der Waals surface area contributed by atoms with E-state index in [0.29, 0.717) is 17.9 Å². The monoisotopic (exact) mass is 450 g/mol. The zero-order valence-corrected chi connectivity index (χ0v) is 20.2. The van der Waals surface area contributed by atoms with Gasteiger partial charge in [-0.1, -0.05) is 31.9 Å². The number of amides is 1. The van der Waals surface area contributed by atoms with Gasteiger partial charge in [-0.15, -0.1) is 0 Å². The van der Waals surface area contributed by atoms with Gasteiger partial charge in [0, 0.05) is 31.9 Å². The number of carbonyl (C=O) groups excluding carboxylic acids is 2. The molecule has 1 fully saturated rings. The Morgan fingerprint density at radius 2 is 1.67 bits per heavy atom. The normalized spacial score (nSPS) is 17.6. The highest BCUT2D eigenvalue weighted by molar-refractivity contribution is 6.46. The number of aliphatic hydroxyl groups is 1. The van der Waals surface area contributed by atoms with E-state index in [1.54, 1.807) is 29.2 Å². The number of likely N-dealkylation sites (tertiary alicyclic amines) is 1. The number of benzene rings is 2. The minimum atomic E-state index is -0.645. The Labute approximate surface area is 196 Å². The fourth-order valence-corrected chi connectivity index (χ4v) is 4.06. The molecule has 1 aliphatic heterocycles. The van der Waals surface area contributed by atoms with E-state index in [1.807, 2.05) is 57.1 Å². The lowest BCUT2D eigenvalue weighted by atomic mass is 9.95. The van der Waals surface area contributed by atoms with Gasteiger partial charge in [0.25, 0.3) is 11.7 Å². The van der Waals surface area contributed by atoms with Gasteiger partial charge >= 0.3 is 0 Å². The number of ether oxygens (including phenoxy) is 1. The predicted octanol–water partition coefficient (Wildman–Crippen LogP) is 5.15. The summed E-state index contributed by atoms with van der Waals surface area (Å²) in [4.78, 5) is 29.7. The third-order valence-corrected chi connectivity index (χ3v) is 5.77. The van der Waals surface area contributed by atoms with E-state index < -0.39 is 17.7 Å². The maximum absolute atomic E-state index is 13.1. The molecular formula is C27H34N2O4. The van der Waals surface area contributed by atoms with Crippen LogP contribution in [0, 0.1) is 0 Å². The van der Waals surface area contributed by atoms with E-state index in [0.717, 1.165) is 30.5 Å². The largest absolute Gasteiger partial charge is 0.507 e. The van der Waals surface area contributed by atoms with E-state index in [2.05, 4.69) is 6.92 Å². The quantitative estimate of drug-likeness (QED) is 0.248. The first-order valence-corrected chi connectivity index (χ1v) is 11.6. The third kappa shape index (κ3) is 5.38. The highest BCUT2D eigenvalue weighted by Gasteiger charge is 2.45. The van der Waals surface area contributed by atoms with Gasteiger partial charge in [0.1, 0.15) is 11.5 Å². The number of rotatable bonds is 9. The van der Waals surface area contributed by atoms with E-state index in [4.69, 9.17) is 4.74 Å². The molecule has 1 unspecified atom stereocenters. The molecular weight excluding hydrogens is 416 g/mol. The van der Waals surface area contributed by atoms with Crippen LogP contribution in [0.15, 0.2) is 54.1 Å². The van der Waals surface area contributed by atoms with Crippen LogP contribution in [0.3, 0.4) is 0 Å². The molecule has 1 atom stereocenters. The molecule has 176 valence electrons. The van der Waals surface area contributed by atoms with Crippen LogP contribution >= 0.6 is 0 Å². The molecule has 0 spiro atoms. The number of Topliss-reactive ketones (excluding diaryl/α,β-unsaturated/α-hetero) is 1. The van der Waals surface area contributed by atoms with Crippen molar-refractivity contribution in [1.82, 2.24) is 4.90 Å². The topological polar surface area (TPSA) is 70.1 Å². The number of anilines is 1. The number of ketones is 1. The van der Waals surface area contributed by atoms with Crippen molar-refractivity contribution >= 4 is 23.1 Å². The Morgan fingerprint density at radius 1 is 1.03 bits per heavy atom. The average molecular weight is 451 g/mol. The molecule has 33 heavy (non-hydrogen) atoms. The van der Waals surface area contributed by atoms with Crippen molar-refractivity contribution in [1.29, 1.82) is 0 Å². The highest BCUT2D eigenvalue weighted by Crippen LogP contribution is 2.40. The first-order valence-electron chi connectivity index (χ1n) is 11.6. The van der Waals surface area contributed by atoms with E-state index in [9.17, 15) is 14.7 Å². The molecule has 0 bridgehead atoms. The second-order valence-corrected chi connectivity index (χ2v) is 8.88. The van der Waals surface area contributed by atoms with Gasteiger partial charge in [-0.3, -0.25) is 9.59 Å².